The van der Waals surface area contributed by atoms with Crippen molar-refractivity contribution >= 4 is 11.9 Å². The van der Waals surface area contributed by atoms with E-state index in [0.29, 0.717) is 25.7 Å². The van der Waals surface area contributed by atoms with Crippen LogP contribution >= 0.6 is 0 Å². The van der Waals surface area contributed by atoms with Gasteiger partial charge in [0.2, 0.25) is 0 Å². The Hall–Kier alpha value is -1.14. The normalized spacial score (nSPS) is 21.7. The summed E-state index contributed by atoms with van der Waals surface area (Å²) in [5.41, 5.74) is 0. The highest BCUT2D eigenvalue weighted by atomic mass is 16.6. The van der Waals surface area contributed by atoms with E-state index in [-0.39, 0.29) is 37.9 Å². The maximum atomic E-state index is 11.0. The summed E-state index contributed by atoms with van der Waals surface area (Å²) in [5.74, 6) is -0.407. The molecule has 1 fully saturated rings. The fraction of sp³-hybridized carbons (Fsp3) is 0.818. The van der Waals surface area contributed by atoms with E-state index in [9.17, 15) is 9.59 Å². The van der Waals surface area contributed by atoms with Crippen molar-refractivity contribution in [1.82, 2.24) is 0 Å². The first-order chi connectivity index (χ1) is 8.10. The number of hydrogen-bond acceptors (Lipinski definition) is 6. The average molecular weight is 248 g/mol. The van der Waals surface area contributed by atoms with E-state index >= 15 is 0 Å². The molecule has 0 bridgehead atoms. The number of rotatable bonds is 1. The Bertz CT molecular complexity index is 226. The molecule has 1 aliphatic rings. The molecule has 0 spiro atoms. The Labute approximate surface area is 101 Å². The van der Waals surface area contributed by atoms with Crippen molar-refractivity contribution in [2.75, 3.05) is 19.8 Å². The lowest BCUT2D eigenvalue weighted by Crippen LogP contribution is -2.23. The van der Waals surface area contributed by atoms with Gasteiger partial charge in [0, 0.05) is 12.8 Å². The van der Waals surface area contributed by atoms with Crippen LogP contribution in [0.15, 0.2) is 0 Å². The number of aliphatic hydroxyl groups excluding tert-OH is 2. The molecule has 1 unspecified atom stereocenters. The van der Waals surface area contributed by atoms with Crippen LogP contribution in [0.1, 0.15) is 32.6 Å². The van der Waals surface area contributed by atoms with Crippen LogP contribution in [-0.4, -0.2) is 48.1 Å². The molecule has 0 aromatic carbocycles. The smallest absolute Gasteiger partial charge is 0.306 e. The molecule has 1 aliphatic heterocycles. The number of aliphatic hydroxyl groups is 2. The monoisotopic (exact) mass is 248 g/mol. The summed E-state index contributed by atoms with van der Waals surface area (Å²) < 4.78 is 9.82. The third kappa shape index (κ3) is 9.77. The summed E-state index contributed by atoms with van der Waals surface area (Å²) in [7, 11) is 0. The molecule has 6 nitrogen and oxygen atoms in total. The minimum Gasteiger partial charge on any atom is -0.462 e. The van der Waals surface area contributed by atoms with Crippen LogP contribution in [0, 0.1) is 0 Å². The summed E-state index contributed by atoms with van der Waals surface area (Å²) in [6, 6.07) is 0. The number of esters is 2. The average Bonchev–Trinajstić information content (AvgIpc) is 2.32. The van der Waals surface area contributed by atoms with Crippen LogP contribution in [0.2, 0.25) is 0 Å². The molecule has 2 N–H and O–H groups in total. The predicted octanol–water partition coefficient (Wildman–Crippen LogP) is 0.00630. The van der Waals surface area contributed by atoms with Crippen molar-refractivity contribution in [2.24, 2.45) is 0 Å². The van der Waals surface area contributed by atoms with Gasteiger partial charge < -0.3 is 19.7 Å². The van der Waals surface area contributed by atoms with Gasteiger partial charge in [-0.05, 0) is 19.8 Å². The van der Waals surface area contributed by atoms with Crippen LogP contribution in [0.5, 0.6) is 0 Å². The second kappa shape index (κ2) is 10.0. The summed E-state index contributed by atoms with van der Waals surface area (Å²) in [6.07, 6.45) is 1.87. The number of cyclic esters (lactones) is 2. The molecule has 0 saturated carbocycles. The van der Waals surface area contributed by atoms with Crippen molar-refractivity contribution in [2.45, 2.75) is 38.7 Å². The zero-order valence-electron chi connectivity index (χ0n) is 10.1. The Morgan fingerprint density at radius 1 is 1.12 bits per heavy atom. The van der Waals surface area contributed by atoms with Gasteiger partial charge in [-0.15, -0.1) is 0 Å². The zero-order chi connectivity index (χ0) is 13.1. The third-order valence-corrected chi connectivity index (χ3v) is 1.92. The van der Waals surface area contributed by atoms with Gasteiger partial charge in [-0.2, -0.15) is 0 Å². The van der Waals surface area contributed by atoms with Gasteiger partial charge in [-0.25, -0.2) is 0 Å². The first-order valence-corrected chi connectivity index (χ1v) is 5.67. The van der Waals surface area contributed by atoms with Crippen LogP contribution < -0.4 is 0 Å². The van der Waals surface area contributed by atoms with Gasteiger partial charge in [0.25, 0.3) is 0 Å². The van der Waals surface area contributed by atoms with Gasteiger partial charge in [0.15, 0.2) is 0 Å². The van der Waals surface area contributed by atoms with E-state index in [2.05, 4.69) is 0 Å². The molecule has 6 heteroatoms. The summed E-state index contributed by atoms with van der Waals surface area (Å²) in [6.45, 7) is 1.64. The van der Waals surface area contributed by atoms with Crippen LogP contribution in [0.25, 0.3) is 0 Å². The minimum atomic E-state index is -0.324. The molecule has 1 rings (SSSR count). The third-order valence-electron chi connectivity index (χ3n) is 1.92. The molecule has 1 heterocycles. The van der Waals surface area contributed by atoms with Crippen LogP contribution in [0.3, 0.4) is 0 Å². The molecule has 0 amide bonds. The highest BCUT2D eigenvalue weighted by molar-refractivity contribution is 5.71. The van der Waals surface area contributed by atoms with Crippen LogP contribution in [-0.2, 0) is 19.1 Å². The highest BCUT2D eigenvalue weighted by Crippen LogP contribution is 2.07. The van der Waals surface area contributed by atoms with E-state index in [1.54, 1.807) is 6.92 Å². The van der Waals surface area contributed by atoms with Gasteiger partial charge in [0.1, 0.15) is 12.7 Å². The molecular weight excluding hydrogens is 228 g/mol. The molecule has 100 valence electrons. The topological polar surface area (TPSA) is 93.1 Å². The number of carbonyl (C=O) groups excluding carboxylic acids is 2. The Morgan fingerprint density at radius 2 is 1.65 bits per heavy atom. The Kier molecular flexibility index (Phi) is 9.37. The molecule has 0 radical (unpaired) electrons. The van der Waals surface area contributed by atoms with Crippen molar-refractivity contribution in [1.29, 1.82) is 0 Å². The Balaban J connectivity index is 0.000000557. The number of hydrogen-bond donors (Lipinski definition) is 2. The lowest BCUT2D eigenvalue weighted by molar-refractivity contribution is -0.159. The number of ether oxygens (including phenoxy) is 2. The lowest BCUT2D eigenvalue weighted by Gasteiger charge is -2.15. The molecule has 17 heavy (non-hydrogen) atoms. The SMILES string of the molecule is CC1COC(=O)CCCCC(=O)O1.OCCO. The van der Waals surface area contributed by atoms with Gasteiger partial charge in [-0.1, -0.05) is 0 Å². The summed E-state index contributed by atoms with van der Waals surface area (Å²) in [4.78, 5) is 22.0. The zero-order valence-corrected chi connectivity index (χ0v) is 10.1. The van der Waals surface area contributed by atoms with Crippen molar-refractivity contribution in [3.05, 3.63) is 0 Å². The minimum absolute atomic E-state index is 0.125. The fourth-order valence-corrected chi connectivity index (χ4v) is 1.14. The summed E-state index contributed by atoms with van der Waals surface area (Å²) in [5, 5.41) is 15.2. The van der Waals surface area contributed by atoms with Gasteiger partial charge >= 0.3 is 11.9 Å². The van der Waals surface area contributed by atoms with E-state index in [4.69, 9.17) is 19.7 Å². The molecule has 0 aromatic heterocycles. The highest BCUT2D eigenvalue weighted by Gasteiger charge is 2.14. The number of carbonyl (C=O) groups is 2. The molecule has 1 saturated heterocycles. The van der Waals surface area contributed by atoms with Gasteiger partial charge in [-0.3, -0.25) is 9.59 Å². The second-order valence-corrected chi connectivity index (χ2v) is 3.64. The van der Waals surface area contributed by atoms with Crippen molar-refractivity contribution in [3.8, 4) is 0 Å². The first kappa shape index (κ1) is 15.9. The molecule has 0 aromatic rings. The first-order valence-electron chi connectivity index (χ1n) is 5.67. The predicted molar refractivity (Wildman–Crippen MR) is 59.2 cm³/mol. The second-order valence-electron chi connectivity index (χ2n) is 3.64. The van der Waals surface area contributed by atoms with Gasteiger partial charge in [0.05, 0.1) is 13.2 Å². The molecule has 0 aliphatic carbocycles. The van der Waals surface area contributed by atoms with Crippen molar-refractivity contribution in [3.63, 3.8) is 0 Å². The standard InChI is InChI=1S/C9H14O4.C2H6O2/c1-7-6-12-8(10)4-2-3-5-9(11)13-7;3-1-2-4/h7H,2-6H2,1H3;3-4H,1-2H2. The Morgan fingerprint density at radius 3 is 2.18 bits per heavy atom. The fourth-order valence-electron chi connectivity index (χ4n) is 1.14. The van der Waals surface area contributed by atoms with E-state index in [1.165, 1.54) is 0 Å². The summed E-state index contributed by atoms with van der Waals surface area (Å²) >= 11 is 0. The maximum absolute atomic E-state index is 11.0. The lowest BCUT2D eigenvalue weighted by atomic mass is 10.2. The largest absolute Gasteiger partial charge is 0.462 e. The maximum Gasteiger partial charge on any atom is 0.306 e. The molecular formula is C11H20O6. The van der Waals surface area contributed by atoms with E-state index < -0.39 is 0 Å². The van der Waals surface area contributed by atoms with Crippen LogP contribution in [0.4, 0.5) is 0 Å². The molecule has 1 atom stereocenters. The van der Waals surface area contributed by atoms with Crippen molar-refractivity contribution < 1.29 is 29.3 Å². The van der Waals surface area contributed by atoms with E-state index in [1.807, 2.05) is 0 Å². The quantitative estimate of drug-likeness (QED) is 0.635. The van der Waals surface area contributed by atoms with E-state index in [0.717, 1.165) is 0 Å².